The summed E-state index contributed by atoms with van der Waals surface area (Å²) in [5.74, 6) is -3.40. The second kappa shape index (κ2) is 10.5. The molecule has 7 rings (SSSR count). The second-order valence-corrected chi connectivity index (χ2v) is 12.5. The molecule has 0 bridgehead atoms. The van der Waals surface area contributed by atoms with Gasteiger partial charge in [0.1, 0.15) is 5.75 Å². The van der Waals surface area contributed by atoms with E-state index in [-0.39, 0.29) is 41.3 Å². The fraction of sp³-hybridized carbons (Fsp3) is 0.237. The molecule has 4 aliphatic rings. The van der Waals surface area contributed by atoms with Gasteiger partial charge in [-0.25, -0.2) is 0 Å². The smallest absolute Gasteiger partial charge is 0.238 e. The predicted octanol–water partition coefficient (Wildman–Crippen LogP) is 5.87. The number of fused-ring (bicyclic) bond motifs is 3. The third-order valence-electron chi connectivity index (χ3n) is 9.84. The summed E-state index contributed by atoms with van der Waals surface area (Å²) in [7, 11) is 0. The molecule has 3 aromatic carbocycles. The Bertz CT molecular complexity index is 1920. The number of allylic oxidation sites excluding steroid dienone is 6. The van der Waals surface area contributed by atoms with Crippen molar-refractivity contribution in [3.05, 3.63) is 129 Å². The number of rotatable bonds is 4. The molecule has 7 nitrogen and oxygen atoms in total. The van der Waals surface area contributed by atoms with Crippen LogP contribution in [0.3, 0.4) is 0 Å². The number of phenolic OH excluding ortho intramolecular Hbond substituents is 1. The second-order valence-electron chi connectivity index (χ2n) is 12.5. The minimum atomic E-state index is -0.700. The lowest BCUT2D eigenvalue weighted by Gasteiger charge is -2.42. The average molecular weight is 598 g/mol. The van der Waals surface area contributed by atoms with Crippen molar-refractivity contribution in [3.8, 4) is 5.75 Å². The number of phenols is 1. The van der Waals surface area contributed by atoms with Gasteiger partial charge in [-0.2, -0.15) is 0 Å². The molecule has 1 heterocycles. The highest BCUT2D eigenvalue weighted by atomic mass is 16.3. The number of carbonyl (C=O) groups is 5. The molecule has 3 aromatic rings. The maximum atomic E-state index is 14.2. The summed E-state index contributed by atoms with van der Waals surface area (Å²) in [6, 6.07) is 19.1. The molecular formula is C38H31NO6. The van der Waals surface area contributed by atoms with Crippen molar-refractivity contribution in [2.24, 2.45) is 17.8 Å². The van der Waals surface area contributed by atoms with E-state index >= 15 is 0 Å². The summed E-state index contributed by atoms with van der Waals surface area (Å²) in [5, 5.41) is 10.5. The molecule has 45 heavy (non-hydrogen) atoms. The summed E-state index contributed by atoms with van der Waals surface area (Å²) in [5.41, 5.74) is 5.51. The van der Waals surface area contributed by atoms with Crippen LogP contribution in [0.1, 0.15) is 58.3 Å². The lowest BCUT2D eigenvalue weighted by atomic mass is 9.59. The minimum absolute atomic E-state index is 0.156. The van der Waals surface area contributed by atoms with Crippen molar-refractivity contribution in [2.45, 2.75) is 39.5 Å². The van der Waals surface area contributed by atoms with Gasteiger partial charge in [0.15, 0.2) is 17.3 Å². The number of carbonyl (C=O) groups excluding carboxylic acids is 5. The monoisotopic (exact) mass is 597 g/mol. The largest absolute Gasteiger partial charge is 0.507 e. The SMILES string of the molecule is CC1=CC(=O)C2=C(C1=O)C(c1cc(C)c(O)c(C)c1)C1=CCC3C(=O)N(c4ccc(C(=O)c5ccccc5)cc4)C(=O)C3C1C2. The fourth-order valence-corrected chi connectivity index (χ4v) is 7.67. The zero-order chi connectivity index (χ0) is 31.7. The average Bonchev–Trinajstić information content (AvgIpc) is 3.30. The first-order valence-corrected chi connectivity index (χ1v) is 15.1. The maximum Gasteiger partial charge on any atom is 0.238 e. The highest BCUT2D eigenvalue weighted by Crippen LogP contribution is 2.55. The molecule has 0 saturated carbocycles. The van der Waals surface area contributed by atoms with Crippen molar-refractivity contribution in [1.82, 2.24) is 0 Å². The van der Waals surface area contributed by atoms with E-state index in [2.05, 4.69) is 0 Å². The molecular weight excluding hydrogens is 566 g/mol. The van der Waals surface area contributed by atoms with Crippen molar-refractivity contribution >= 4 is 34.9 Å². The first-order chi connectivity index (χ1) is 21.6. The first-order valence-electron chi connectivity index (χ1n) is 15.1. The number of hydrogen-bond acceptors (Lipinski definition) is 6. The summed E-state index contributed by atoms with van der Waals surface area (Å²) in [6.07, 6.45) is 3.88. The Hall–Kier alpha value is -5.17. The number of aromatic hydroxyl groups is 1. The quantitative estimate of drug-likeness (QED) is 0.174. The van der Waals surface area contributed by atoms with Crippen LogP contribution in [0, 0.1) is 31.6 Å². The Morgan fingerprint density at radius 2 is 1.47 bits per heavy atom. The van der Waals surface area contributed by atoms with Gasteiger partial charge in [0.25, 0.3) is 0 Å². The van der Waals surface area contributed by atoms with E-state index in [4.69, 9.17) is 0 Å². The molecule has 1 fully saturated rings. The summed E-state index contributed by atoms with van der Waals surface area (Å²) >= 11 is 0. The Balaban J connectivity index is 1.27. The van der Waals surface area contributed by atoms with Gasteiger partial charge < -0.3 is 5.11 Å². The van der Waals surface area contributed by atoms with E-state index in [0.717, 1.165) is 11.1 Å². The Labute approximate surface area is 260 Å². The zero-order valence-electron chi connectivity index (χ0n) is 25.2. The molecule has 2 amide bonds. The van der Waals surface area contributed by atoms with E-state index in [1.54, 1.807) is 69.3 Å². The number of aryl methyl sites for hydroxylation is 2. The molecule has 0 spiro atoms. The molecule has 0 radical (unpaired) electrons. The van der Waals surface area contributed by atoms with Crippen LogP contribution in [0.15, 0.2) is 101 Å². The van der Waals surface area contributed by atoms with Gasteiger partial charge in [-0.3, -0.25) is 28.9 Å². The van der Waals surface area contributed by atoms with Crippen LogP contribution in [0.25, 0.3) is 0 Å². The van der Waals surface area contributed by atoms with Gasteiger partial charge in [0.05, 0.1) is 17.5 Å². The van der Waals surface area contributed by atoms with Crippen LogP contribution in [0.5, 0.6) is 5.75 Å². The van der Waals surface area contributed by atoms with Gasteiger partial charge in [-0.15, -0.1) is 0 Å². The number of benzene rings is 3. The molecule has 0 aromatic heterocycles. The van der Waals surface area contributed by atoms with E-state index in [1.807, 2.05) is 24.3 Å². The molecule has 1 N–H and O–H groups in total. The summed E-state index contributed by atoms with van der Waals surface area (Å²) in [4.78, 5) is 69.2. The van der Waals surface area contributed by atoms with Crippen LogP contribution in [-0.4, -0.2) is 34.3 Å². The number of amides is 2. The van der Waals surface area contributed by atoms with Gasteiger partial charge in [0.2, 0.25) is 11.8 Å². The number of Topliss-reactive ketones (excluding diaryl/α,β-unsaturated/α-hetero) is 1. The van der Waals surface area contributed by atoms with Gasteiger partial charge in [-0.1, -0.05) is 54.1 Å². The van der Waals surface area contributed by atoms with Gasteiger partial charge in [-0.05, 0) is 86.6 Å². The maximum absolute atomic E-state index is 14.2. The summed E-state index contributed by atoms with van der Waals surface area (Å²) < 4.78 is 0. The van der Waals surface area contributed by atoms with Crippen molar-refractivity contribution in [3.63, 3.8) is 0 Å². The molecule has 4 atom stereocenters. The number of imide groups is 1. The standard InChI is InChI=1S/C38H31NO6/c1-19-15-24(16-20(2)34(19)41)31-26-13-14-27-32(28(26)18-29-30(40)17-21(3)35(42)33(29)31)38(45)39(37(27)44)25-11-9-23(10-12-25)36(43)22-7-5-4-6-8-22/h4-13,15-17,27-28,31-32,41H,14,18H2,1-3H3. The van der Waals surface area contributed by atoms with Crippen molar-refractivity contribution < 1.29 is 29.1 Å². The minimum Gasteiger partial charge on any atom is -0.507 e. The molecule has 4 unspecified atom stereocenters. The van der Waals surface area contributed by atoms with Crippen LogP contribution >= 0.6 is 0 Å². The highest BCUT2D eigenvalue weighted by Gasteiger charge is 2.56. The topological polar surface area (TPSA) is 109 Å². The number of ketones is 3. The summed E-state index contributed by atoms with van der Waals surface area (Å²) in [6.45, 7) is 5.23. The zero-order valence-corrected chi connectivity index (χ0v) is 25.2. The molecule has 224 valence electrons. The molecule has 3 aliphatic carbocycles. The van der Waals surface area contributed by atoms with Crippen molar-refractivity contribution in [1.29, 1.82) is 0 Å². The van der Waals surface area contributed by atoms with E-state index in [1.165, 1.54) is 11.0 Å². The van der Waals surface area contributed by atoms with Crippen LogP contribution in [0.2, 0.25) is 0 Å². The number of hydrogen-bond donors (Lipinski definition) is 1. The van der Waals surface area contributed by atoms with Gasteiger partial charge in [0, 0.05) is 33.8 Å². The lowest BCUT2D eigenvalue weighted by Crippen LogP contribution is -2.39. The third kappa shape index (κ3) is 4.37. The van der Waals surface area contributed by atoms with Crippen LogP contribution in [-0.2, 0) is 19.2 Å². The Morgan fingerprint density at radius 1 is 0.822 bits per heavy atom. The third-order valence-corrected chi connectivity index (χ3v) is 9.84. The van der Waals surface area contributed by atoms with Crippen LogP contribution in [0.4, 0.5) is 5.69 Å². The normalized spacial score (nSPS) is 24.2. The molecule has 1 aliphatic heterocycles. The Kier molecular flexibility index (Phi) is 6.66. The van der Waals surface area contributed by atoms with Gasteiger partial charge >= 0.3 is 0 Å². The highest BCUT2D eigenvalue weighted by molar-refractivity contribution is 6.25. The fourth-order valence-electron chi connectivity index (χ4n) is 7.67. The van der Waals surface area contributed by atoms with Crippen molar-refractivity contribution in [2.75, 3.05) is 4.90 Å². The molecule has 7 heteroatoms. The van der Waals surface area contributed by atoms with E-state index in [0.29, 0.717) is 51.1 Å². The molecule has 1 saturated heterocycles. The van der Waals surface area contributed by atoms with Crippen LogP contribution < -0.4 is 4.90 Å². The van der Waals surface area contributed by atoms with E-state index in [9.17, 15) is 29.1 Å². The lowest BCUT2D eigenvalue weighted by molar-refractivity contribution is -0.123. The number of nitrogens with zero attached hydrogens (tertiary/aromatic N) is 1. The predicted molar refractivity (Wildman–Crippen MR) is 168 cm³/mol. The van der Waals surface area contributed by atoms with E-state index < -0.39 is 23.7 Å². The number of anilines is 1. The first kappa shape index (κ1) is 28.6. The Morgan fingerprint density at radius 3 is 2.13 bits per heavy atom.